The highest BCUT2D eigenvalue weighted by atomic mass is 19.1. The maximum absolute atomic E-state index is 13.1. The minimum Gasteiger partial charge on any atom is -0.463 e. The van der Waals surface area contributed by atoms with Crippen molar-refractivity contribution in [3.05, 3.63) is 89.7 Å². The Bertz CT molecular complexity index is 1740. The molecule has 12 heteroatoms. The summed E-state index contributed by atoms with van der Waals surface area (Å²) in [6, 6.07) is 23.4. The molecule has 4 N–H and O–H groups in total. The monoisotopic (exact) mass is 681 g/mol. The van der Waals surface area contributed by atoms with Gasteiger partial charge in [0.05, 0.1) is 12.1 Å². The molecule has 5 aliphatic rings. The minimum absolute atomic E-state index is 0.0951. The van der Waals surface area contributed by atoms with Gasteiger partial charge in [-0.3, -0.25) is 14.6 Å². The number of nitrogens with two attached hydrogens (primary N) is 2. The molecule has 4 aliphatic heterocycles. The van der Waals surface area contributed by atoms with Crippen molar-refractivity contribution in [1.29, 1.82) is 0 Å². The number of anilines is 3. The molecule has 1 saturated carbocycles. The summed E-state index contributed by atoms with van der Waals surface area (Å²) in [4.78, 5) is 38.4. The van der Waals surface area contributed by atoms with Crippen molar-refractivity contribution in [1.82, 2.24) is 0 Å². The summed E-state index contributed by atoms with van der Waals surface area (Å²) in [7, 11) is 0. The molecule has 0 spiro atoms. The van der Waals surface area contributed by atoms with Crippen LogP contribution in [0.2, 0.25) is 0 Å². The molecular weight excluding hydrogens is 637 g/mol. The first kappa shape index (κ1) is 33.4. The van der Waals surface area contributed by atoms with Crippen LogP contribution in [0.3, 0.4) is 0 Å². The highest BCUT2D eigenvalue weighted by Gasteiger charge is 2.44. The van der Waals surface area contributed by atoms with Gasteiger partial charge in [0.1, 0.15) is 19.0 Å². The van der Waals surface area contributed by atoms with Gasteiger partial charge in [0.25, 0.3) is 12.0 Å². The molecule has 3 amide bonds. The van der Waals surface area contributed by atoms with Crippen molar-refractivity contribution in [3.8, 4) is 0 Å². The number of aryl methyl sites for hydroxylation is 1. The highest BCUT2D eigenvalue weighted by Crippen LogP contribution is 2.52. The molecule has 3 aromatic rings. The van der Waals surface area contributed by atoms with Gasteiger partial charge in [-0.1, -0.05) is 24.3 Å². The van der Waals surface area contributed by atoms with Gasteiger partial charge >= 0.3 is 6.03 Å². The fourth-order valence-electron chi connectivity index (χ4n) is 7.17. The average Bonchev–Trinajstić information content (AvgIpc) is 3.47. The van der Waals surface area contributed by atoms with Gasteiger partial charge in [0.2, 0.25) is 5.91 Å². The molecule has 0 unspecified atom stereocenters. The van der Waals surface area contributed by atoms with Crippen molar-refractivity contribution >= 4 is 41.0 Å². The molecule has 50 heavy (non-hydrogen) atoms. The van der Waals surface area contributed by atoms with Crippen molar-refractivity contribution in [2.24, 2.45) is 21.5 Å². The number of carbonyl (C=O) groups is 2. The Morgan fingerprint density at radius 2 is 1.26 bits per heavy atom. The first-order valence-corrected chi connectivity index (χ1v) is 17.5. The van der Waals surface area contributed by atoms with Crippen LogP contribution in [0.4, 0.5) is 26.2 Å². The van der Waals surface area contributed by atoms with Crippen LogP contribution >= 0.6 is 0 Å². The second-order valence-corrected chi connectivity index (χ2v) is 13.6. The third-order valence-electron chi connectivity index (χ3n) is 10.3. The number of hydrogen-bond acceptors (Lipinski definition) is 8. The van der Waals surface area contributed by atoms with Gasteiger partial charge in [-0.05, 0) is 110 Å². The van der Waals surface area contributed by atoms with Crippen LogP contribution in [0, 0.1) is 5.82 Å². The van der Waals surface area contributed by atoms with Gasteiger partial charge in [0.15, 0.2) is 0 Å². The van der Waals surface area contributed by atoms with E-state index in [2.05, 4.69) is 34.3 Å². The number of amides is 3. The zero-order valence-corrected chi connectivity index (χ0v) is 28.2. The third-order valence-corrected chi connectivity index (χ3v) is 10.3. The summed E-state index contributed by atoms with van der Waals surface area (Å²) in [6.07, 6.45) is 8.02. The van der Waals surface area contributed by atoms with E-state index in [1.54, 1.807) is 21.9 Å². The van der Waals surface area contributed by atoms with E-state index >= 15 is 0 Å². The second kappa shape index (κ2) is 14.4. The maximum Gasteiger partial charge on any atom is 0.329 e. The molecule has 3 aromatic carbocycles. The van der Waals surface area contributed by atoms with Gasteiger partial charge in [0, 0.05) is 43.1 Å². The zero-order valence-electron chi connectivity index (χ0n) is 28.2. The molecular formula is C38H44FN7O4. The average molecular weight is 682 g/mol. The number of aliphatic imine (C=N–C) groups is 2. The van der Waals surface area contributed by atoms with E-state index in [9.17, 15) is 14.0 Å². The lowest BCUT2D eigenvalue weighted by Gasteiger charge is -2.20. The Morgan fingerprint density at radius 3 is 1.78 bits per heavy atom. The number of benzene rings is 3. The maximum atomic E-state index is 13.1. The van der Waals surface area contributed by atoms with Crippen LogP contribution in [0.5, 0.6) is 0 Å². The van der Waals surface area contributed by atoms with Crippen molar-refractivity contribution in [3.63, 3.8) is 0 Å². The largest absolute Gasteiger partial charge is 0.463 e. The summed E-state index contributed by atoms with van der Waals surface area (Å²) in [5.41, 5.74) is 16.6. The molecule has 0 bridgehead atoms. The molecule has 3 fully saturated rings. The summed E-state index contributed by atoms with van der Waals surface area (Å²) >= 11 is 0. The van der Waals surface area contributed by atoms with Crippen LogP contribution in [0.25, 0.3) is 0 Å². The Kier molecular flexibility index (Phi) is 9.60. The molecule has 11 nitrogen and oxygen atoms in total. The summed E-state index contributed by atoms with van der Waals surface area (Å²) < 4.78 is 23.5. The molecule has 0 radical (unpaired) electrons. The Labute approximate surface area is 291 Å². The van der Waals surface area contributed by atoms with Gasteiger partial charge in [-0.2, -0.15) is 0 Å². The first-order chi connectivity index (χ1) is 24.3. The predicted octanol–water partition coefficient (Wildman–Crippen LogP) is 5.26. The second-order valence-electron chi connectivity index (χ2n) is 13.6. The van der Waals surface area contributed by atoms with Crippen LogP contribution < -0.4 is 26.2 Å². The lowest BCUT2D eigenvalue weighted by atomic mass is 9.89. The highest BCUT2D eigenvalue weighted by molar-refractivity contribution is 6.06. The van der Waals surface area contributed by atoms with Crippen molar-refractivity contribution in [2.75, 3.05) is 47.5 Å². The molecule has 2 atom stereocenters. The zero-order chi connectivity index (χ0) is 34.7. The third kappa shape index (κ3) is 7.54. The topological polar surface area (TPSA) is 139 Å². The number of ether oxygens (including phenoxy) is 2. The van der Waals surface area contributed by atoms with Crippen LogP contribution in [0.1, 0.15) is 56.1 Å². The van der Waals surface area contributed by atoms with E-state index in [0.717, 1.165) is 50.0 Å². The Morgan fingerprint density at radius 1 is 0.720 bits per heavy atom. The number of hydrogen-bond donors (Lipinski definition) is 2. The van der Waals surface area contributed by atoms with Gasteiger partial charge in [-0.25, -0.2) is 19.2 Å². The van der Waals surface area contributed by atoms with Gasteiger partial charge in [-0.15, -0.1) is 0 Å². The first-order valence-electron chi connectivity index (χ1n) is 17.5. The van der Waals surface area contributed by atoms with Gasteiger partial charge < -0.3 is 25.8 Å². The minimum atomic E-state index is -0.310. The summed E-state index contributed by atoms with van der Waals surface area (Å²) in [5, 5.41) is 0. The standard InChI is InChI=1S/C20H21FN4O2.C18H23N3O2/c21-15-4-9-18(10-5-15)25-12-11-24(20(25)26)17-7-2-14(3-8-17)1-6-16-13-27-19(22)23-16;19-17-20-14(12-23-17)7-8-18(9-10-18)13-3-5-15(6-4-13)21-11-1-2-16(21)22/h2-5,7-10,16H,1,6,11-13H2,(H2,22,23);3-6,14H,1-2,7-12H2,(H2,19,20)/t16-;14-/m00/s1. The van der Waals surface area contributed by atoms with E-state index in [1.807, 2.05) is 29.2 Å². The molecule has 8 rings (SSSR count). The SMILES string of the molecule is NC1=N[C@@H](CCC2(c3ccc(N4CCCC4=O)cc3)CC2)CO1.NC1=N[C@@H](CCc2ccc(N3CCN(c4ccc(F)cc4)C3=O)cc2)CO1. The normalized spacial score (nSPS) is 22.1. The summed E-state index contributed by atoms with van der Waals surface area (Å²) in [6.45, 7) is 3.20. The fourth-order valence-corrected chi connectivity index (χ4v) is 7.17. The Balaban J connectivity index is 0.000000159. The quantitative estimate of drug-likeness (QED) is 0.300. The molecule has 1 aliphatic carbocycles. The van der Waals surface area contributed by atoms with Crippen molar-refractivity contribution in [2.45, 2.75) is 68.9 Å². The number of amidine groups is 2. The van der Waals surface area contributed by atoms with E-state index < -0.39 is 0 Å². The molecule has 4 heterocycles. The van der Waals surface area contributed by atoms with Crippen LogP contribution in [0.15, 0.2) is 82.8 Å². The molecule has 0 aromatic heterocycles. The number of urea groups is 1. The lowest BCUT2D eigenvalue weighted by molar-refractivity contribution is -0.117. The molecule has 2 saturated heterocycles. The number of carbonyl (C=O) groups excluding carboxylic acids is 2. The number of halogens is 1. The van der Waals surface area contributed by atoms with E-state index in [1.165, 1.54) is 36.1 Å². The van der Waals surface area contributed by atoms with E-state index in [-0.39, 0.29) is 35.9 Å². The fraction of sp³-hybridized carbons (Fsp3) is 0.421. The smallest absolute Gasteiger partial charge is 0.329 e. The predicted molar refractivity (Wildman–Crippen MR) is 192 cm³/mol. The lowest BCUT2D eigenvalue weighted by Crippen LogP contribution is -2.31. The number of rotatable bonds is 10. The molecule has 262 valence electrons. The summed E-state index contributed by atoms with van der Waals surface area (Å²) in [5.74, 6) is -0.0639. The van der Waals surface area contributed by atoms with Crippen molar-refractivity contribution < 1.29 is 23.5 Å². The van der Waals surface area contributed by atoms with Crippen LogP contribution in [-0.2, 0) is 26.1 Å². The van der Waals surface area contributed by atoms with E-state index in [4.69, 9.17) is 20.9 Å². The Hall–Kier alpha value is -5.13. The van der Waals surface area contributed by atoms with E-state index in [0.29, 0.717) is 49.8 Å². The van der Waals surface area contributed by atoms with Crippen LogP contribution in [-0.4, -0.2) is 68.9 Å². The number of nitrogens with zero attached hydrogens (tertiary/aromatic N) is 5.